The van der Waals surface area contributed by atoms with Crippen LogP contribution in [0.3, 0.4) is 0 Å². The van der Waals surface area contributed by atoms with E-state index in [9.17, 15) is 9.18 Å². The largest absolute Gasteiger partial charge is 0.453 e. The molecule has 1 fully saturated rings. The third-order valence-electron chi connectivity index (χ3n) is 2.44. The van der Waals surface area contributed by atoms with E-state index in [0.717, 1.165) is 0 Å². The first-order valence-corrected chi connectivity index (χ1v) is 4.70. The highest BCUT2D eigenvalue weighted by Crippen LogP contribution is 2.17. The van der Waals surface area contributed by atoms with E-state index < -0.39 is 5.67 Å². The molecular weight excluding hydrogens is 187 g/mol. The van der Waals surface area contributed by atoms with Gasteiger partial charge in [-0.1, -0.05) is 0 Å². The van der Waals surface area contributed by atoms with Gasteiger partial charge in [-0.05, 0) is 13.8 Å². The highest BCUT2D eigenvalue weighted by molar-refractivity contribution is 5.67. The molecule has 0 spiro atoms. The van der Waals surface area contributed by atoms with Gasteiger partial charge in [0.15, 0.2) is 0 Å². The van der Waals surface area contributed by atoms with E-state index in [1.54, 1.807) is 0 Å². The van der Waals surface area contributed by atoms with Crippen LogP contribution in [0.25, 0.3) is 0 Å². The molecule has 0 bridgehead atoms. The molecule has 1 atom stereocenters. The Morgan fingerprint density at radius 1 is 1.64 bits per heavy atom. The second-order valence-electron chi connectivity index (χ2n) is 3.99. The molecule has 0 aromatic rings. The van der Waals surface area contributed by atoms with E-state index in [1.807, 2.05) is 0 Å². The first-order chi connectivity index (χ1) is 6.45. The smallest absolute Gasteiger partial charge is 0.409 e. The lowest BCUT2D eigenvalue weighted by Gasteiger charge is -2.37. The SMILES string of the molecule is COC(=O)N1CCNC(C(C)(C)F)C1. The number of methoxy groups -OCH3 is 1. The lowest BCUT2D eigenvalue weighted by Crippen LogP contribution is -2.58. The molecule has 1 unspecified atom stereocenters. The molecule has 1 N–H and O–H groups in total. The van der Waals surface area contributed by atoms with Crippen molar-refractivity contribution in [2.75, 3.05) is 26.7 Å². The Balaban J connectivity index is 2.56. The number of piperazine rings is 1. The number of rotatable bonds is 1. The molecule has 1 amide bonds. The van der Waals surface area contributed by atoms with Gasteiger partial charge in [-0.25, -0.2) is 9.18 Å². The average molecular weight is 204 g/mol. The summed E-state index contributed by atoms with van der Waals surface area (Å²) in [7, 11) is 1.33. The van der Waals surface area contributed by atoms with Gasteiger partial charge in [0.25, 0.3) is 0 Å². The Morgan fingerprint density at radius 3 is 2.79 bits per heavy atom. The number of hydrogen-bond donors (Lipinski definition) is 1. The van der Waals surface area contributed by atoms with Crippen LogP contribution in [0.5, 0.6) is 0 Å². The summed E-state index contributed by atoms with van der Waals surface area (Å²) in [5.74, 6) is 0. The van der Waals surface area contributed by atoms with Crippen LogP contribution < -0.4 is 5.32 Å². The molecule has 1 rings (SSSR count). The van der Waals surface area contributed by atoms with E-state index >= 15 is 0 Å². The number of halogens is 1. The first kappa shape index (κ1) is 11.2. The molecule has 0 aliphatic carbocycles. The standard InChI is InChI=1S/C9H17FN2O2/c1-9(2,10)7-6-12(5-4-11-7)8(13)14-3/h7,11H,4-6H2,1-3H3. The number of carbonyl (C=O) groups excluding carboxylic acids is 1. The lowest BCUT2D eigenvalue weighted by molar-refractivity contribution is 0.0708. The van der Waals surface area contributed by atoms with E-state index in [2.05, 4.69) is 10.1 Å². The van der Waals surface area contributed by atoms with Gasteiger partial charge in [-0.2, -0.15) is 0 Å². The quantitative estimate of drug-likeness (QED) is 0.686. The predicted molar refractivity (Wildman–Crippen MR) is 51.0 cm³/mol. The molecule has 0 saturated carbocycles. The van der Waals surface area contributed by atoms with Gasteiger partial charge in [-0.3, -0.25) is 0 Å². The molecule has 14 heavy (non-hydrogen) atoms. The average Bonchev–Trinajstić information content (AvgIpc) is 2.15. The molecule has 1 saturated heterocycles. The number of nitrogens with one attached hydrogen (secondary N) is 1. The van der Waals surface area contributed by atoms with Crippen LogP contribution >= 0.6 is 0 Å². The predicted octanol–water partition coefficient (Wildman–Crippen LogP) is 0.775. The minimum absolute atomic E-state index is 0.324. The second kappa shape index (κ2) is 4.13. The molecule has 0 aromatic carbocycles. The molecule has 4 nitrogen and oxygen atoms in total. The van der Waals surface area contributed by atoms with Gasteiger partial charge in [0, 0.05) is 19.6 Å². The van der Waals surface area contributed by atoms with Crippen molar-refractivity contribution in [3.63, 3.8) is 0 Å². The van der Waals surface area contributed by atoms with Crippen LogP contribution in [-0.2, 0) is 4.74 Å². The fourth-order valence-corrected chi connectivity index (χ4v) is 1.50. The number of amides is 1. The summed E-state index contributed by atoms with van der Waals surface area (Å²) in [6, 6.07) is -0.324. The zero-order chi connectivity index (χ0) is 10.8. The van der Waals surface area contributed by atoms with Gasteiger partial charge >= 0.3 is 6.09 Å². The summed E-state index contributed by atoms with van der Waals surface area (Å²) < 4.78 is 18.2. The van der Waals surface area contributed by atoms with Gasteiger partial charge in [0.1, 0.15) is 5.67 Å². The Kier molecular flexibility index (Phi) is 3.31. The molecule has 82 valence electrons. The van der Waals surface area contributed by atoms with Crippen LogP contribution in [-0.4, -0.2) is 49.4 Å². The van der Waals surface area contributed by atoms with Crippen molar-refractivity contribution in [1.82, 2.24) is 10.2 Å². The normalized spacial score (nSPS) is 23.4. The third-order valence-corrected chi connectivity index (χ3v) is 2.44. The molecule has 1 aliphatic heterocycles. The maximum atomic E-state index is 13.6. The minimum Gasteiger partial charge on any atom is -0.453 e. The van der Waals surface area contributed by atoms with Crippen LogP contribution in [0.15, 0.2) is 0 Å². The molecule has 1 heterocycles. The van der Waals surface area contributed by atoms with Crippen LogP contribution in [0.2, 0.25) is 0 Å². The summed E-state index contributed by atoms with van der Waals surface area (Å²) >= 11 is 0. The summed E-state index contributed by atoms with van der Waals surface area (Å²) in [5, 5.41) is 3.04. The van der Waals surface area contributed by atoms with Crippen molar-refractivity contribution >= 4 is 6.09 Å². The Labute approximate surface area is 83.4 Å². The number of nitrogens with zero attached hydrogens (tertiary/aromatic N) is 1. The summed E-state index contributed by atoms with van der Waals surface area (Å²) in [4.78, 5) is 12.7. The maximum Gasteiger partial charge on any atom is 0.409 e. The van der Waals surface area contributed by atoms with Crippen LogP contribution in [0, 0.1) is 0 Å². The minimum atomic E-state index is -1.33. The van der Waals surface area contributed by atoms with E-state index in [4.69, 9.17) is 0 Å². The zero-order valence-corrected chi connectivity index (χ0v) is 8.84. The number of ether oxygens (including phenoxy) is 1. The van der Waals surface area contributed by atoms with Gasteiger partial charge in [0.05, 0.1) is 13.2 Å². The zero-order valence-electron chi connectivity index (χ0n) is 8.84. The molecule has 0 radical (unpaired) electrons. The Morgan fingerprint density at radius 2 is 2.29 bits per heavy atom. The fourth-order valence-electron chi connectivity index (χ4n) is 1.50. The van der Waals surface area contributed by atoms with Crippen molar-refractivity contribution in [2.24, 2.45) is 0 Å². The van der Waals surface area contributed by atoms with Crippen molar-refractivity contribution in [2.45, 2.75) is 25.6 Å². The highest BCUT2D eigenvalue weighted by Gasteiger charge is 2.34. The summed E-state index contributed by atoms with van der Waals surface area (Å²) in [6.07, 6.45) is -0.388. The molecule has 5 heteroatoms. The third kappa shape index (κ3) is 2.57. The summed E-state index contributed by atoms with van der Waals surface area (Å²) in [5.41, 5.74) is -1.33. The number of carbonyl (C=O) groups is 1. The number of hydrogen-bond acceptors (Lipinski definition) is 3. The molecular formula is C9H17FN2O2. The lowest BCUT2D eigenvalue weighted by atomic mass is 9.99. The Bertz CT molecular complexity index is 215. The van der Waals surface area contributed by atoms with Gasteiger partial charge in [0.2, 0.25) is 0 Å². The van der Waals surface area contributed by atoms with Crippen LogP contribution in [0.1, 0.15) is 13.8 Å². The maximum absolute atomic E-state index is 13.6. The monoisotopic (exact) mass is 204 g/mol. The van der Waals surface area contributed by atoms with Crippen molar-refractivity contribution in [3.8, 4) is 0 Å². The van der Waals surface area contributed by atoms with Crippen molar-refractivity contribution < 1.29 is 13.9 Å². The van der Waals surface area contributed by atoms with E-state index in [0.29, 0.717) is 19.6 Å². The first-order valence-electron chi connectivity index (χ1n) is 4.70. The van der Waals surface area contributed by atoms with Gasteiger partial charge in [-0.15, -0.1) is 0 Å². The number of alkyl halides is 1. The van der Waals surface area contributed by atoms with Gasteiger partial charge < -0.3 is 15.0 Å². The molecule has 0 aromatic heterocycles. The topological polar surface area (TPSA) is 41.6 Å². The Hall–Kier alpha value is -0.840. The molecule has 1 aliphatic rings. The second-order valence-corrected chi connectivity index (χ2v) is 3.99. The van der Waals surface area contributed by atoms with E-state index in [-0.39, 0.29) is 12.1 Å². The summed E-state index contributed by atoms with van der Waals surface area (Å²) in [6.45, 7) is 4.54. The van der Waals surface area contributed by atoms with E-state index in [1.165, 1.54) is 25.9 Å². The fraction of sp³-hybridized carbons (Fsp3) is 0.889. The highest BCUT2D eigenvalue weighted by atomic mass is 19.1. The van der Waals surface area contributed by atoms with Crippen molar-refractivity contribution in [3.05, 3.63) is 0 Å². The van der Waals surface area contributed by atoms with Crippen LogP contribution in [0.4, 0.5) is 9.18 Å². The van der Waals surface area contributed by atoms with Crippen molar-refractivity contribution in [1.29, 1.82) is 0 Å².